The van der Waals surface area contributed by atoms with Crippen molar-refractivity contribution < 1.29 is 23.9 Å². The highest BCUT2D eigenvalue weighted by molar-refractivity contribution is 5.90. The summed E-state index contributed by atoms with van der Waals surface area (Å²) in [5, 5.41) is 0. The lowest BCUT2D eigenvalue weighted by Crippen LogP contribution is -2.42. The van der Waals surface area contributed by atoms with Crippen LogP contribution in [0.3, 0.4) is 0 Å². The minimum Gasteiger partial charge on any atom is -0.469 e. The van der Waals surface area contributed by atoms with Crippen molar-refractivity contribution in [2.75, 3.05) is 26.8 Å². The molecule has 0 bridgehead atoms. The molecule has 0 spiro atoms. The summed E-state index contributed by atoms with van der Waals surface area (Å²) >= 11 is 0. The maximum Gasteiger partial charge on any atom is 0.355 e. The van der Waals surface area contributed by atoms with Crippen molar-refractivity contribution in [3.05, 3.63) is 24.0 Å². The van der Waals surface area contributed by atoms with Gasteiger partial charge in [0.1, 0.15) is 5.69 Å². The number of carbonyl (C=O) groups excluding carboxylic acids is 3. The molecule has 0 aliphatic carbocycles. The molecule has 7 nitrogen and oxygen atoms in total. The molecule has 1 aliphatic rings. The zero-order chi connectivity index (χ0) is 16.1. The van der Waals surface area contributed by atoms with Gasteiger partial charge in [0.2, 0.25) is 0 Å². The molecule has 1 aromatic rings. The van der Waals surface area contributed by atoms with Gasteiger partial charge in [0.15, 0.2) is 6.61 Å². The monoisotopic (exact) mass is 308 g/mol. The number of amides is 1. The van der Waals surface area contributed by atoms with Crippen LogP contribution in [0.1, 0.15) is 23.3 Å². The summed E-state index contributed by atoms with van der Waals surface area (Å²) in [4.78, 5) is 36.9. The van der Waals surface area contributed by atoms with E-state index in [1.54, 1.807) is 34.8 Å². The third-order valence-electron chi connectivity index (χ3n) is 3.86. The number of hydrogen-bond donors (Lipinski definition) is 0. The molecule has 0 aromatic carbocycles. The lowest BCUT2D eigenvalue weighted by Gasteiger charge is -2.30. The molecule has 1 fully saturated rings. The third-order valence-corrected chi connectivity index (χ3v) is 3.86. The second kappa shape index (κ2) is 7.11. The van der Waals surface area contributed by atoms with Crippen LogP contribution in [0.4, 0.5) is 0 Å². The van der Waals surface area contributed by atoms with Gasteiger partial charge in [-0.2, -0.15) is 0 Å². The molecule has 22 heavy (non-hydrogen) atoms. The number of hydrogen-bond acceptors (Lipinski definition) is 5. The average Bonchev–Trinajstić information content (AvgIpc) is 2.97. The lowest BCUT2D eigenvalue weighted by molar-refractivity contribution is -0.149. The van der Waals surface area contributed by atoms with Crippen LogP contribution < -0.4 is 0 Å². The molecule has 7 heteroatoms. The fourth-order valence-corrected chi connectivity index (χ4v) is 2.50. The van der Waals surface area contributed by atoms with Crippen molar-refractivity contribution in [2.24, 2.45) is 13.0 Å². The molecular weight excluding hydrogens is 288 g/mol. The van der Waals surface area contributed by atoms with Crippen LogP contribution in [0, 0.1) is 5.92 Å². The molecule has 0 N–H and O–H groups in total. The van der Waals surface area contributed by atoms with Crippen molar-refractivity contribution in [1.29, 1.82) is 0 Å². The minimum absolute atomic E-state index is 0.153. The van der Waals surface area contributed by atoms with Crippen molar-refractivity contribution >= 4 is 17.8 Å². The van der Waals surface area contributed by atoms with E-state index in [0.717, 1.165) is 0 Å². The minimum atomic E-state index is -0.523. The molecule has 1 aromatic heterocycles. The molecule has 2 heterocycles. The first kappa shape index (κ1) is 16.1. The fourth-order valence-electron chi connectivity index (χ4n) is 2.50. The Labute approximate surface area is 128 Å². The Morgan fingerprint density at radius 2 is 1.95 bits per heavy atom. The predicted molar refractivity (Wildman–Crippen MR) is 77.0 cm³/mol. The zero-order valence-electron chi connectivity index (χ0n) is 12.8. The summed E-state index contributed by atoms with van der Waals surface area (Å²) in [7, 11) is 3.10. The predicted octanol–water partition coefficient (Wildman–Crippen LogP) is 0.593. The summed E-state index contributed by atoms with van der Waals surface area (Å²) < 4.78 is 11.4. The van der Waals surface area contributed by atoms with E-state index in [1.165, 1.54) is 7.11 Å². The number of esters is 2. The van der Waals surface area contributed by atoms with E-state index >= 15 is 0 Å². The van der Waals surface area contributed by atoms with Gasteiger partial charge in [0.25, 0.3) is 5.91 Å². The number of carbonyl (C=O) groups is 3. The van der Waals surface area contributed by atoms with Gasteiger partial charge in [-0.15, -0.1) is 0 Å². The number of nitrogens with zero attached hydrogens (tertiary/aromatic N) is 2. The summed E-state index contributed by atoms with van der Waals surface area (Å²) in [6.45, 7) is 0.660. The quantitative estimate of drug-likeness (QED) is 0.761. The molecule has 1 amide bonds. The lowest BCUT2D eigenvalue weighted by atomic mass is 9.97. The molecule has 0 atom stereocenters. The highest BCUT2D eigenvalue weighted by atomic mass is 16.5. The molecule has 1 saturated heterocycles. The number of ether oxygens (including phenoxy) is 2. The van der Waals surface area contributed by atoms with E-state index in [1.807, 2.05) is 0 Å². The van der Waals surface area contributed by atoms with Crippen LogP contribution in [-0.2, 0) is 26.1 Å². The summed E-state index contributed by atoms with van der Waals surface area (Å²) in [6, 6.07) is 3.37. The van der Waals surface area contributed by atoms with Crippen LogP contribution in [-0.4, -0.2) is 54.1 Å². The number of likely N-dealkylation sites (tertiary alicyclic amines) is 1. The van der Waals surface area contributed by atoms with Gasteiger partial charge in [-0.1, -0.05) is 0 Å². The van der Waals surface area contributed by atoms with Crippen molar-refractivity contribution in [1.82, 2.24) is 9.47 Å². The second-order valence-electron chi connectivity index (χ2n) is 5.26. The third kappa shape index (κ3) is 3.66. The first-order chi connectivity index (χ1) is 10.5. The van der Waals surface area contributed by atoms with Gasteiger partial charge < -0.3 is 18.9 Å². The number of rotatable bonds is 4. The topological polar surface area (TPSA) is 77.8 Å². The molecule has 2 rings (SSSR count). The SMILES string of the molecule is COC(=O)C1CCN(C(=O)COC(=O)c2cccn2C)CC1. The number of piperidine rings is 1. The van der Waals surface area contributed by atoms with Gasteiger partial charge in [-0.3, -0.25) is 9.59 Å². The van der Waals surface area contributed by atoms with E-state index in [9.17, 15) is 14.4 Å². The molecule has 120 valence electrons. The first-order valence-electron chi connectivity index (χ1n) is 7.17. The number of methoxy groups -OCH3 is 1. The van der Waals surface area contributed by atoms with Gasteiger partial charge in [0.05, 0.1) is 13.0 Å². The van der Waals surface area contributed by atoms with E-state index in [2.05, 4.69) is 0 Å². The number of aryl methyl sites for hydroxylation is 1. The Morgan fingerprint density at radius 1 is 1.27 bits per heavy atom. The Bertz CT molecular complexity index is 558. The molecule has 0 saturated carbocycles. The summed E-state index contributed by atoms with van der Waals surface area (Å²) in [5.41, 5.74) is 0.400. The van der Waals surface area contributed by atoms with E-state index in [-0.39, 0.29) is 24.4 Å². The van der Waals surface area contributed by atoms with Crippen LogP contribution in [0.2, 0.25) is 0 Å². The van der Waals surface area contributed by atoms with Crippen LogP contribution in [0.25, 0.3) is 0 Å². The Kier molecular flexibility index (Phi) is 5.19. The van der Waals surface area contributed by atoms with Crippen molar-refractivity contribution in [3.8, 4) is 0 Å². The Balaban J connectivity index is 1.78. The van der Waals surface area contributed by atoms with E-state index in [4.69, 9.17) is 9.47 Å². The smallest absolute Gasteiger partial charge is 0.355 e. The highest BCUT2D eigenvalue weighted by Crippen LogP contribution is 2.18. The maximum absolute atomic E-state index is 12.0. The highest BCUT2D eigenvalue weighted by Gasteiger charge is 2.28. The van der Waals surface area contributed by atoms with Crippen LogP contribution >= 0.6 is 0 Å². The number of aromatic nitrogens is 1. The van der Waals surface area contributed by atoms with E-state index < -0.39 is 5.97 Å². The molecular formula is C15H20N2O5. The first-order valence-corrected chi connectivity index (χ1v) is 7.17. The largest absolute Gasteiger partial charge is 0.469 e. The van der Waals surface area contributed by atoms with Crippen molar-refractivity contribution in [2.45, 2.75) is 12.8 Å². The molecule has 0 radical (unpaired) electrons. The van der Waals surface area contributed by atoms with Crippen LogP contribution in [0.5, 0.6) is 0 Å². The molecule has 0 unspecified atom stereocenters. The Hall–Kier alpha value is -2.31. The van der Waals surface area contributed by atoms with Crippen molar-refractivity contribution in [3.63, 3.8) is 0 Å². The second-order valence-corrected chi connectivity index (χ2v) is 5.26. The van der Waals surface area contributed by atoms with E-state index in [0.29, 0.717) is 31.6 Å². The maximum atomic E-state index is 12.0. The van der Waals surface area contributed by atoms with Gasteiger partial charge >= 0.3 is 11.9 Å². The fraction of sp³-hybridized carbons (Fsp3) is 0.533. The Morgan fingerprint density at radius 3 is 2.50 bits per heavy atom. The zero-order valence-corrected chi connectivity index (χ0v) is 12.8. The van der Waals surface area contributed by atoms with Crippen LogP contribution in [0.15, 0.2) is 18.3 Å². The standard InChI is InChI=1S/C15H20N2O5/c1-16-7-3-4-12(16)15(20)22-10-13(18)17-8-5-11(6-9-17)14(19)21-2/h3-4,7,11H,5-6,8-10H2,1-2H3. The van der Waals surface area contributed by atoms with Gasteiger partial charge in [-0.25, -0.2) is 4.79 Å². The molecule has 1 aliphatic heterocycles. The van der Waals surface area contributed by atoms with Gasteiger partial charge in [0, 0.05) is 26.3 Å². The van der Waals surface area contributed by atoms with Gasteiger partial charge in [-0.05, 0) is 25.0 Å². The summed E-state index contributed by atoms with van der Waals surface area (Å²) in [6.07, 6.45) is 2.88. The average molecular weight is 308 g/mol. The summed E-state index contributed by atoms with van der Waals surface area (Å²) in [5.74, 6) is -1.15. The normalized spacial score (nSPS) is 15.5.